The fraction of sp³-hybridized carbons (Fsp3) is 0.317. The van der Waals surface area contributed by atoms with Crippen molar-refractivity contribution in [3.63, 3.8) is 0 Å². The van der Waals surface area contributed by atoms with Crippen LogP contribution in [0.2, 0.25) is 0 Å². The molecule has 47 heavy (non-hydrogen) atoms. The zero-order chi connectivity index (χ0) is 32.1. The SMILES string of the molecule is CCc1c(C2C(C)=CCC[C@@H]2C)c(C)nn1-c1[c-]c(Oc2[c-]c3c(cc2)c2ccccc2n3-c2cc(C)ccn2)cc(C(C)C)c1.[Pt+2]. The Kier molecular flexibility index (Phi) is 9.31. The molecule has 7 rings (SSSR count). The molecule has 0 N–H and O–H groups in total. The molecule has 3 aromatic heterocycles. The van der Waals surface area contributed by atoms with E-state index < -0.39 is 0 Å². The van der Waals surface area contributed by atoms with Gasteiger partial charge in [-0.2, -0.15) is 11.2 Å². The van der Waals surface area contributed by atoms with E-state index in [9.17, 15) is 0 Å². The van der Waals surface area contributed by atoms with E-state index in [-0.39, 0.29) is 21.1 Å². The van der Waals surface area contributed by atoms with Crippen molar-refractivity contribution in [1.29, 1.82) is 0 Å². The summed E-state index contributed by atoms with van der Waals surface area (Å²) in [7, 11) is 0. The predicted molar refractivity (Wildman–Crippen MR) is 188 cm³/mol. The van der Waals surface area contributed by atoms with Crippen LogP contribution in [-0.4, -0.2) is 19.3 Å². The van der Waals surface area contributed by atoms with Crippen molar-refractivity contribution in [3.05, 3.63) is 119 Å². The van der Waals surface area contributed by atoms with E-state index in [1.54, 1.807) is 0 Å². The number of ether oxygens (including phenoxy) is 1. The maximum Gasteiger partial charge on any atom is 2.00 e. The number of para-hydroxylation sites is 1. The van der Waals surface area contributed by atoms with Crippen molar-refractivity contribution in [2.75, 3.05) is 0 Å². The molecule has 0 fully saturated rings. The first-order valence-corrected chi connectivity index (χ1v) is 16.6. The number of aryl methyl sites for hydroxylation is 2. The fourth-order valence-electron chi connectivity index (χ4n) is 7.34. The molecule has 0 bridgehead atoms. The third-order valence-corrected chi connectivity index (χ3v) is 9.65. The second kappa shape index (κ2) is 13.3. The molecule has 242 valence electrons. The number of fused-ring (bicyclic) bond motifs is 3. The van der Waals surface area contributed by atoms with E-state index in [4.69, 9.17) is 14.8 Å². The molecule has 0 aliphatic heterocycles. The monoisotopic (exact) mass is 801 g/mol. The van der Waals surface area contributed by atoms with Crippen LogP contribution in [-0.2, 0) is 27.5 Å². The van der Waals surface area contributed by atoms with Crippen LogP contribution in [0, 0.1) is 31.9 Å². The van der Waals surface area contributed by atoms with Gasteiger partial charge in [-0.25, -0.2) is 4.98 Å². The van der Waals surface area contributed by atoms with Crippen LogP contribution >= 0.6 is 0 Å². The summed E-state index contributed by atoms with van der Waals surface area (Å²) in [5.41, 5.74) is 10.5. The summed E-state index contributed by atoms with van der Waals surface area (Å²) in [6.07, 6.45) is 7.54. The zero-order valence-corrected chi connectivity index (χ0v) is 30.6. The molecule has 3 aromatic carbocycles. The number of nitrogens with zero attached hydrogens (tertiary/aromatic N) is 4. The van der Waals surface area contributed by atoms with Gasteiger partial charge in [0.1, 0.15) is 5.82 Å². The zero-order valence-electron chi connectivity index (χ0n) is 28.3. The first kappa shape index (κ1) is 33.0. The number of hydrogen-bond acceptors (Lipinski definition) is 3. The van der Waals surface area contributed by atoms with E-state index in [1.807, 2.05) is 18.3 Å². The van der Waals surface area contributed by atoms with Crippen LogP contribution in [0.25, 0.3) is 33.3 Å². The molecule has 0 amide bonds. The standard InChI is InChI=1S/C41H42N4O.Pt/c1-8-36-41(40-27(5)12-11-13-28(40)6)29(7)43-45(36)31-21-30(25(2)3)22-33(23-31)46-32-16-17-35-34-14-9-10-15-37(34)44(38(35)24-32)39-20-26(4)18-19-42-39;/h9-10,12,14-22,25,28,40H,8,11,13H2,1-7H3;/q-2;+2/t28-,40?;/m0./s1. The fourth-order valence-corrected chi connectivity index (χ4v) is 7.34. The summed E-state index contributed by atoms with van der Waals surface area (Å²) in [5, 5.41) is 7.42. The third kappa shape index (κ3) is 6.00. The van der Waals surface area contributed by atoms with Gasteiger partial charge in [-0.05, 0) is 86.7 Å². The third-order valence-electron chi connectivity index (χ3n) is 9.65. The molecule has 1 aliphatic carbocycles. The Morgan fingerprint density at radius 3 is 2.51 bits per heavy atom. The van der Waals surface area contributed by atoms with Gasteiger partial charge in [-0.15, -0.1) is 41.3 Å². The second-order valence-corrected chi connectivity index (χ2v) is 13.2. The average Bonchev–Trinajstić information content (AvgIpc) is 3.54. The van der Waals surface area contributed by atoms with Crippen molar-refractivity contribution in [3.8, 4) is 23.0 Å². The van der Waals surface area contributed by atoms with Gasteiger partial charge in [0.25, 0.3) is 0 Å². The molecule has 5 nitrogen and oxygen atoms in total. The van der Waals surface area contributed by atoms with Gasteiger partial charge in [0.2, 0.25) is 0 Å². The number of pyridine rings is 1. The summed E-state index contributed by atoms with van der Waals surface area (Å²) in [6.45, 7) is 15.6. The molecule has 0 saturated heterocycles. The van der Waals surface area contributed by atoms with Crippen LogP contribution in [0.1, 0.15) is 87.4 Å². The second-order valence-electron chi connectivity index (χ2n) is 13.2. The minimum atomic E-state index is 0. The summed E-state index contributed by atoms with van der Waals surface area (Å²) in [5.74, 6) is 3.46. The largest absolute Gasteiger partial charge is 2.00 e. The van der Waals surface area contributed by atoms with Gasteiger partial charge in [-0.1, -0.05) is 63.1 Å². The molecule has 6 heteroatoms. The summed E-state index contributed by atoms with van der Waals surface area (Å²) in [6, 6.07) is 28.2. The topological polar surface area (TPSA) is 44.9 Å². The molecule has 1 unspecified atom stereocenters. The molecule has 1 aliphatic rings. The summed E-state index contributed by atoms with van der Waals surface area (Å²) < 4.78 is 10.9. The van der Waals surface area contributed by atoms with Crippen LogP contribution in [0.4, 0.5) is 0 Å². The maximum atomic E-state index is 6.62. The Morgan fingerprint density at radius 1 is 0.957 bits per heavy atom. The Balaban J connectivity index is 0.00000386. The normalized spacial score (nSPS) is 16.5. The summed E-state index contributed by atoms with van der Waals surface area (Å²) in [4.78, 5) is 4.72. The van der Waals surface area contributed by atoms with Crippen LogP contribution in [0.3, 0.4) is 0 Å². The Labute approximate surface area is 292 Å². The first-order chi connectivity index (χ1) is 22.2. The van der Waals surface area contributed by atoms with E-state index in [0.29, 0.717) is 29.3 Å². The molecular formula is C41H42N4OPt. The maximum absolute atomic E-state index is 6.62. The molecule has 3 heterocycles. The molecule has 2 atom stereocenters. The predicted octanol–water partition coefficient (Wildman–Crippen LogP) is 10.5. The van der Waals surface area contributed by atoms with E-state index in [0.717, 1.165) is 57.4 Å². The minimum Gasteiger partial charge on any atom is -0.509 e. The van der Waals surface area contributed by atoms with Crippen LogP contribution < -0.4 is 4.74 Å². The van der Waals surface area contributed by atoms with E-state index in [2.05, 4.69) is 124 Å². The Bertz CT molecular complexity index is 2120. The first-order valence-electron chi connectivity index (χ1n) is 16.6. The van der Waals surface area contributed by atoms with Crippen LogP contribution in [0.5, 0.6) is 11.5 Å². The van der Waals surface area contributed by atoms with E-state index in [1.165, 1.54) is 28.8 Å². The van der Waals surface area contributed by atoms with Crippen molar-refractivity contribution >= 4 is 21.8 Å². The van der Waals surface area contributed by atoms with Crippen molar-refractivity contribution in [2.24, 2.45) is 5.92 Å². The van der Waals surface area contributed by atoms with Gasteiger partial charge in [-0.3, -0.25) is 4.68 Å². The molecule has 6 aromatic rings. The molecular weight excluding hydrogens is 760 g/mol. The molecule has 0 radical (unpaired) electrons. The quantitative estimate of drug-likeness (QED) is 0.119. The van der Waals surface area contributed by atoms with E-state index >= 15 is 0 Å². The van der Waals surface area contributed by atoms with Gasteiger partial charge in [0, 0.05) is 40.4 Å². The Hall–Kier alpha value is -3.95. The number of benzene rings is 3. The van der Waals surface area contributed by atoms with Crippen molar-refractivity contribution in [1.82, 2.24) is 19.3 Å². The number of allylic oxidation sites excluding steroid dienone is 2. The Morgan fingerprint density at radius 2 is 1.77 bits per heavy atom. The smallest absolute Gasteiger partial charge is 0.509 e. The molecule has 0 spiro atoms. The number of aromatic nitrogens is 4. The van der Waals surface area contributed by atoms with Gasteiger partial charge >= 0.3 is 21.1 Å². The van der Waals surface area contributed by atoms with Crippen molar-refractivity contribution in [2.45, 2.75) is 79.6 Å². The average molecular weight is 802 g/mol. The van der Waals surface area contributed by atoms with Gasteiger partial charge in [0.05, 0.1) is 5.69 Å². The van der Waals surface area contributed by atoms with Gasteiger partial charge < -0.3 is 9.30 Å². The number of hydrogen-bond donors (Lipinski definition) is 0. The van der Waals surface area contributed by atoms with Crippen molar-refractivity contribution < 1.29 is 25.8 Å². The van der Waals surface area contributed by atoms with Crippen LogP contribution in [0.15, 0.2) is 78.5 Å². The summed E-state index contributed by atoms with van der Waals surface area (Å²) >= 11 is 0. The molecule has 0 saturated carbocycles. The van der Waals surface area contributed by atoms with Gasteiger partial charge in [0.15, 0.2) is 0 Å². The minimum absolute atomic E-state index is 0. The number of rotatable bonds is 7.